The molecule has 218 valence electrons. The lowest BCUT2D eigenvalue weighted by molar-refractivity contribution is -0.215. The lowest BCUT2D eigenvalue weighted by Gasteiger charge is -2.47. The van der Waals surface area contributed by atoms with Gasteiger partial charge in [-0.3, -0.25) is 0 Å². The molecule has 3 aliphatic rings. The predicted molar refractivity (Wildman–Crippen MR) is 153 cm³/mol. The Bertz CT molecular complexity index is 1710. The number of benzene rings is 2. The molecule has 0 amide bonds. The molecular formula is C30H24Cl2F3N3O3S. The molecule has 2 aromatic heterocycles. The van der Waals surface area contributed by atoms with E-state index in [-0.39, 0.29) is 36.6 Å². The van der Waals surface area contributed by atoms with Crippen molar-refractivity contribution < 1.29 is 27.5 Å². The smallest absolute Gasteiger partial charge is 0.267 e. The van der Waals surface area contributed by atoms with Crippen molar-refractivity contribution in [3.05, 3.63) is 73.9 Å². The Morgan fingerprint density at radius 3 is 2.45 bits per heavy atom. The van der Waals surface area contributed by atoms with Crippen molar-refractivity contribution in [2.75, 3.05) is 0 Å². The average Bonchev–Trinajstić information content (AvgIpc) is 3.53. The zero-order chi connectivity index (χ0) is 29.4. The van der Waals surface area contributed by atoms with E-state index >= 15 is 0 Å². The summed E-state index contributed by atoms with van der Waals surface area (Å²) >= 11 is 14.0. The molecule has 0 spiro atoms. The van der Waals surface area contributed by atoms with Gasteiger partial charge in [-0.15, -0.1) is 11.3 Å². The second kappa shape index (κ2) is 10.2. The Morgan fingerprint density at radius 2 is 1.83 bits per heavy atom. The Morgan fingerprint density at radius 1 is 1.14 bits per heavy atom. The van der Waals surface area contributed by atoms with E-state index in [1.54, 1.807) is 18.2 Å². The van der Waals surface area contributed by atoms with Gasteiger partial charge < -0.3 is 14.4 Å². The highest BCUT2D eigenvalue weighted by Gasteiger charge is 2.63. The third-order valence-corrected chi connectivity index (χ3v) is 10.8. The van der Waals surface area contributed by atoms with Crippen molar-refractivity contribution in [2.24, 2.45) is 11.8 Å². The number of rotatable bonds is 7. The number of fused-ring (bicyclic) bond motifs is 3. The third-order valence-electron chi connectivity index (χ3n) is 9.07. The molecule has 2 aromatic carbocycles. The molecule has 2 bridgehead atoms. The first kappa shape index (κ1) is 28.1. The van der Waals surface area contributed by atoms with Crippen LogP contribution in [-0.2, 0) is 16.9 Å². The highest BCUT2D eigenvalue weighted by atomic mass is 35.5. The molecule has 4 atom stereocenters. The number of thiazole rings is 1. The molecule has 3 saturated carbocycles. The molecule has 42 heavy (non-hydrogen) atoms. The fourth-order valence-corrected chi connectivity index (χ4v) is 8.63. The molecule has 0 radical (unpaired) electrons. The monoisotopic (exact) mass is 633 g/mol. The lowest BCUT2D eigenvalue weighted by atomic mass is 9.68. The van der Waals surface area contributed by atoms with Crippen LogP contribution in [-0.4, -0.2) is 27.3 Å². The summed E-state index contributed by atoms with van der Waals surface area (Å²) in [6, 6.07) is 7.71. The van der Waals surface area contributed by atoms with Crippen LogP contribution < -0.4 is 0 Å². The molecule has 7 rings (SSSR count). The van der Waals surface area contributed by atoms with Crippen molar-refractivity contribution in [1.29, 1.82) is 0 Å². The maximum atomic E-state index is 15.0. The minimum atomic E-state index is -2.82. The zero-order valence-electron chi connectivity index (χ0n) is 22.0. The van der Waals surface area contributed by atoms with Gasteiger partial charge in [-0.25, -0.2) is 23.0 Å². The molecular weight excluding hydrogens is 610 g/mol. The van der Waals surface area contributed by atoms with Crippen LogP contribution >= 0.6 is 34.5 Å². The first-order valence-electron chi connectivity index (χ1n) is 13.7. The van der Waals surface area contributed by atoms with Crippen molar-refractivity contribution in [2.45, 2.75) is 68.7 Å². The fraction of sp³-hybridized carbons (Fsp3) is 0.433. The number of nitrogens with zero attached hydrogens (tertiary/aromatic N) is 3. The minimum absolute atomic E-state index is 0.0722. The Kier molecular flexibility index (Phi) is 6.83. The first-order chi connectivity index (χ1) is 20.1. The summed E-state index contributed by atoms with van der Waals surface area (Å²) < 4.78 is 57.0. The molecule has 4 aromatic rings. The Labute approximate surface area is 253 Å². The average molecular weight is 635 g/mol. The molecule has 6 nitrogen and oxygen atoms in total. The van der Waals surface area contributed by atoms with Gasteiger partial charge in [-0.05, 0) is 74.6 Å². The van der Waals surface area contributed by atoms with Gasteiger partial charge in [0.2, 0.25) is 0 Å². The summed E-state index contributed by atoms with van der Waals surface area (Å²) in [6.45, 7) is 7.03. The van der Waals surface area contributed by atoms with Crippen LogP contribution in [0.5, 0.6) is 0 Å². The molecule has 12 heteroatoms. The van der Waals surface area contributed by atoms with Gasteiger partial charge in [0.05, 0.1) is 23.2 Å². The second-order valence-electron chi connectivity index (χ2n) is 11.5. The predicted octanol–water partition coefficient (Wildman–Crippen LogP) is 9.05. The maximum Gasteiger partial charge on any atom is 0.267 e. The first-order valence-corrected chi connectivity index (χ1v) is 15.3. The van der Waals surface area contributed by atoms with Crippen LogP contribution in [0.15, 0.2) is 34.9 Å². The van der Waals surface area contributed by atoms with Gasteiger partial charge in [0.25, 0.3) is 6.43 Å². The molecule has 1 N–H and O–H groups in total. The maximum absolute atomic E-state index is 15.0. The number of aromatic nitrogens is 2. The number of ether oxygens (including phenoxy) is 1. The van der Waals surface area contributed by atoms with Crippen LogP contribution in [0, 0.1) is 24.2 Å². The van der Waals surface area contributed by atoms with Crippen molar-refractivity contribution >= 4 is 50.4 Å². The van der Waals surface area contributed by atoms with E-state index < -0.39 is 35.3 Å². The van der Waals surface area contributed by atoms with Crippen LogP contribution in [0.4, 0.5) is 18.9 Å². The number of hydrogen-bond acceptors (Lipinski definition) is 6. The van der Waals surface area contributed by atoms with E-state index in [0.29, 0.717) is 55.2 Å². The summed E-state index contributed by atoms with van der Waals surface area (Å²) in [5, 5.41) is 17.3. The van der Waals surface area contributed by atoms with E-state index in [9.17, 15) is 18.3 Å². The van der Waals surface area contributed by atoms with Gasteiger partial charge in [-0.2, -0.15) is 0 Å². The zero-order valence-corrected chi connectivity index (χ0v) is 24.4. The summed E-state index contributed by atoms with van der Waals surface area (Å²) in [5.74, 6) is -1.07. The number of alkyl halides is 2. The molecule has 0 saturated heterocycles. The van der Waals surface area contributed by atoms with Crippen LogP contribution in [0.3, 0.4) is 0 Å². The van der Waals surface area contributed by atoms with Gasteiger partial charge >= 0.3 is 0 Å². The summed E-state index contributed by atoms with van der Waals surface area (Å²) in [6.07, 6.45) is -0.219. The van der Waals surface area contributed by atoms with Gasteiger partial charge in [0.15, 0.2) is 5.69 Å². The number of hydrogen-bond donors (Lipinski definition) is 1. The third kappa shape index (κ3) is 4.36. The van der Waals surface area contributed by atoms with Crippen molar-refractivity contribution in [3.8, 4) is 11.3 Å². The molecule has 2 unspecified atom stereocenters. The number of halogens is 5. The molecule has 0 aliphatic heterocycles. The Balaban J connectivity index is 1.21. The van der Waals surface area contributed by atoms with Gasteiger partial charge in [0.1, 0.15) is 39.0 Å². The van der Waals surface area contributed by atoms with E-state index in [0.717, 1.165) is 30.2 Å². The van der Waals surface area contributed by atoms with Crippen molar-refractivity contribution in [1.82, 2.24) is 10.1 Å². The van der Waals surface area contributed by atoms with E-state index in [2.05, 4.69) is 15.0 Å². The van der Waals surface area contributed by atoms with Crippen LogP contribution in [0.25, 0.3) is 26.3 Å². The highest BCUT2D eigenvalue weighted by Crippen LogP contribution is 2.61. The summed E-state index contributed by atoms with van der Waals surface area (Å²) in [7, 11) is 0. The van der Waals surface area contributed by atoms with Gasteiger partial charge in [0, 0.05) is 21.7 Å². The SMILES string of the molecule is [C-]#[N+]c1cc(F)c2nc(C3(O)[C@@H]4CC[C@H]3CC(OCc3c(-c5c(Cl)cccc5Cl)noc3C3CC3)(C(F)F)C4)sc2c1. The van der Waals surface area contributed by atoms with Gasteiger partial charge in [-0.1, -0.05) is 34.4 Å². The van der Waals surface area contributed by atoms with E-state index in [1.165, 1.54) is 6.07 Å². The Hall–Kier alpha value is -2.68. The minimum Gasteiger partial charge on any atom is -0.382 e. The standard InChI is InChI=1S/C30H24Cl2F3N3O3S/c1-36-17-9-21(33)25-22(10-17)42-28(37-25)30(39)15-7-8-16(30)12-29(11-15,27(34)35)40-13-18-24(38-41-26(18)14-5-6-14)23-19(31)3-2-4-20(23)32/h2-4,9-10,14-16,27,39H,5-8,11-13H2/t15-,16+,29?,30?. The second-order valence-corrected chi connectivity index (χ2v) is 13.4. The number of aliphatic hydroxyl groups is 1. The van der Waals surface area contributed by atoms with E-state index in [1.807, 2.05) is 0 Å². The topological polar surface area (TPSA) is 72.7 Å². The summed E-state index contributed by atoms with van der Waals surface area (Å²) in [4.78, 5) is 7.72. The fourth-order valence-electron chi connectivity index (χ4n) is 6.79. The summed E-state index contributed by atoms with van der Waals surface area (Å²) in [5.41, 5.74) is -1.72. The largest absolute Gasteiger partial charge is 0.382 e. The van der Waals surface area contributed by atoms with Crippen molar-refractivity contribution in [3.63, 3.8) is 0 Å². The highest BCUT2D eigenvalue weighted by molar-refractivity contribution is 7.18. The van der Waals surface area contributed by atoms with Crippen LogP contribution in [0.2, 0.25) is 10.0 Å². The normalized spacial score (nSPS) is 27.2. The molecule has 3 aliphatic carbocycles. The van der Waals surface area contributed by atoms with E-state index in [4.69, 9.17) is 39.0 Å². The lowest BCUT2D eigenvalue weighted by Crippen LogP contribution is -2.54. The molecule has 3 fully saturated rings. The van der Waals surface area contributed by atoms with Crippen LogP contribution in [0.1, 0.15) is 60.8 Å². The quantitative estimate of drug-likeness (QED) is 0.206. The molecule has 2 heterocycles.